The first-order chi connectivity index (χ1) is 7.61. The van der Waals surface area contributed by atoms with Gasteiger partial charge in [0.05, 0.1) is 13.2 Å². The van der Waals surface area contributed by atoms with Crippen molar-refractivity contribution in [2.45, 2.75) is 20.5 Å². The van der Waals surface area contributed by atoms with Gasteiger partial charge in [-0.1, -0.05) is 26.0 Å². The second-order valence-electron chi connectivity index (χ2n) is 3.98. The first-order valence-electron chi connectivity index (χ1n) is 5.25. The molecular weight excluding hydrogens is 206 g/mol. The Morgan fingerprint density at radius 1 is 1.50 bits per heavy atom. The minimum atomic E-state index is -0.469. The van der Waals surface area contributed by atoms with E-state index in [1.165, 1.54) is 0 Å². The predicted molar refractivity (Wildman–Crippen MR) is 62.2 cm³/mol. The van der Waals surface area contributed by atoms with Crippen molar-refractivity contribution in [3.63, 3.8) is 0 Å². The Bertz CT molecular complexity index is 350. The van der Waals surface area contributed by atoms with Gasteiger partial charge in [0.15, 0.2) is 0 Å². The highest BCUT2D eigenvalue weighted by Gasteiger charge is 2.04. The zero-order valence-electron chi connectivity index (χ0n) is 9.56. The maximum absolute atomic E-state index is 11.3. The van der Waals surface area contributed by atoms with Gasteiger partial charge in [-0.05, 0) is 23.6 Å². The predicted octanol–water partition coefficient (Wildman–Crippen LogP) is 2.38. The van der Waals surface area contributed by atoms with Crippen molar-refractivity contribution < 1.29 is 14.6 Å². The number of rotatable bonds is 4. The van der Waals surface area contributed by atoms with Crippen molar-refractivity contribution in [3.8, 4) is 0 Å². The van der Waals surface area contributed by atoms with Gasteiger partial charge in [-0.25, -0.2) is 4.79 Å². The van der Waals surface area contributed by atoms with Crippen LogP contribution in [-0.4, -0.2) is 17.8 Å². The van der Waals surface area contributed by atoms with E-state index in [0.717, 1.165) is 5.56 Å². The molecule has 4 nitrogen and oxygen atoms in total. The lowest BCUT2D eigenvalue weighted by molar-refractivity contribution is 0.147. The molecule has 0 aliphatic rings. The number of carbonyl (C=O) groups excluding carboxylic acids is 1. The summed E-state index contributed by atoms with van der Waals surface area (Å²) in [5, 5.41) is 11.5. The summed E-state index contributed by atoms with van der Waals surface area (Å²) < 4.78 is 4.97. The molecule has 0 bridgehead atoms. The van der Waals surface area contributed by atoms with Gasteiger partial charge in [0.25, 0.3) is 0 Å². The quantitative estimate of drug-likeness (QED) is 0.824. The molecule has 0 spiro atoms. The van der Waals surface area contributed by atoms with Gasteiger partial charge >= 0.3 is 6.09 Å². The number of carbonyl (C=O) groups is 1. The van der Waals surface area contributed by atoms with Crippen LogP contribution in [0.25, 0.3) is 0 Å². The summed E-state index contributed by atoms with van der Waals surface area (Å²) in [4.78, 5) is 11.3. The number of amides is 1. The minimum Gasteiger partial charge on any atom is -0.449 e. The first kappa shape index (κ1) is 12.5. The third kappa shape index (κ3) is 4.31. The number of hydrogen-bond acceptors (Lipinski definition) is 3. The average molecular weight is 223 g/mol. The summed E-state index contributed by atoms with van der Waals surface area (Å²) in [6, 6.07) is 7.00. The van der Waals surface area contributed by atoms with Gasteiger partial charge in [0, 0.05) is 5.69 Å². The highest BCUT2D eigenvalue weighted by molar-refractivity contribution is 5.84. The van der Waals surface area contributed by atoms with Crippen molar-refractivity contribution in [2.75, 3.05) is 11.9 Å². The third-order valence-electron chi connectivity index (χ3n) is 1.90. The van der Waals surface area contributed by atoms with E-state index in [0.29, 0.717) is 18.2 Å². The maximum atomic E-state index is 11.3. The van der Waals surface area contributed by atoms with Crippen LogP contribution in [0.5, 0.6) is 0 Å². The monoisotopic (exact) mass is 223 g/mol. The molecular formula is C12H17NO3. The molecule has 1 rings (SSSR count). The van der Waals surface area contributed by atoms with Gasteiger partial charge in [-0.2, -0.15) is 0 Å². The van der Waals surface area contributed by atoms with Crippen LogP contribution in [0.15, 0.2) is 24.3 Å². The molecule has 1 aromatic rings. The number of aliphatic hydroxyl groups is 1. The largest absolute Gasteiger partial charge is 0.449 e. The van der Waals surface area contributed by atoms with E-state index in [4.69, 9.17) is 9.84 Å². The molecule has 0 heterocycles. The van der Waals surface area contributed by atoms with Crippen molar-refractivity contribution in [2.24, 2.45) is 5.92 Å². The fourth-order valence-corrected chi connectivity index (χ4v) is 1.14. The smallest absolute Gasteiger partial charge is 0.411 e. The number of benzene rings is 1. The molecule has 4 heteroatoms. The number of hydrogen-bond donors (Lipinski definition) is 2. The highest BCUT2D eigenvalue weighted by atomic mass is 16.5. The van der Waals surface area contributed by atoms with Crippen molar-refractivity contribution in [1.29, 1.82) is 0 Å². The topological polar surface area (TPSA) is 58.6 Å². The standard InChI is InChI=1S/C12H17NO3/c1-9(2)8-16-12(15)13-11-5-3-4-10(6-11)7-14/h3-6,9,14H,7-8H2,1-2H3,(H,13,15). The minimum absolute atomic E-state index is 0.0451. The number of anilines is 1. The molecule has 0 unspecified atom stereocenters. The molecule has 0 radical (unpaired) electrons. The Labute approximate surface area is 95.2 Å². The third-order valence-corrected chi connectivity index (χ3v) is 1.90. The van der Waals surface area contributed by atoms with E-state index in [-0.39, 0.29) is 6.61 Å². The lowest BCUT2D eigenvalue weighted by Crippen LogP contribution is -2.16. The molecule has 1 aromatic carbocycles. The fraction of sp³-hybridized carbons (Fsp3) is 0.417. The van der Waals surface area contributed by atoms with Crippen LogP contribution in [0.1, 0.15) is 19.4 Å². The Hall–Kier alpha value is -1.55. The molecule has 88 valence electrons. The van der Waals surface area contributed by atoms with E-state index in [2.05, 4.69) is 5.32 Å². The summed E-state index contributed by atoms with van der Waals surface area (Å²) in [7, 11) is 0. The van der Waals surface area contributed by atoms with Crippen LogP contribution in [0.4, 0.5) is 10.5 Å². The fourth-order valence-electron chi connectivity index (χ4n) is 1.14. The zero-order chi connectivity index (χ0) is 12.0. The number of nitrogens with one attached hydrogen (secondary N) is 1. The van der Waals surface area contributed by atoms with Gasteiger partial charge in [0.2, 0.25) is 0 Å². The van der Waals surface area contributed by atoms with Crippen molar-refractivity contribution in [3.05, 3.63) is 29.8 Å². The van der Waals surface area contributed by atoms with Gasteiger partial charge in [0.1, 0.15) is 0 Å². The van der Waals surface area contributed by atoms with Crippen LogP contribution in [0.2, 0.25) is 0 Å². The first-order valence-corrected chi connectivity index (χ1v) is 5.25. The molecule has 0 aliphatic heterocycles. The second-order valence-corrected chi connectivity index (χ2v) is 3.98. The SMILES string of the molecule is CC(C)COC(=O)Nc1cccc(CO)c1. The molecule has 0 atom stereocenters. The van der Waals surface area contributed by atoms with E-state index in [1.54, 1.807) is 24.3 Å². The summed E-state index contributed by atoms with van der Waals surface area (Å²) in [6.45, 7) is 4.29. The van der Waals surface area contributed by atoms with Crippen LogP contribution in [0, 0.1) is 5.92 Å². The number of ether oxygens (including phenoxy) is 1. The van der Waals surface area contributed by atoms with Crippen molar-refractivity contribution in [1.82, 2.24) is 0 Å². The Kier molecular flexibility index (Phi) is 4.79. The summed E-state index contributed by atoms with van der Waals surface area (Å²) >= 11 is 0. The normalized spacial score (nSPS) is 10.2. The molecule has 16 heavy (non-hydrogen) atoms. The van der Waals surface area contributed by atoms with Crippen LogP contribution < -0.4 is 5.32 Å². The number of aliphatic hydroxyl groups excluding tert-OH is 1. The van der Waals surface area contributed by atoms with Gasteiger partial charge in [-0.3, -0.25) is 5.32 Å². The van der Waals surface area contributed by atoms with Gasteiger partial charge in [-0.15, -0.1) is 0 Å². The summed E-state index contributed by atoms with van der Waals surface area (Å²) in [5.41, 5.74) is 1.38. The maximum Gasteiger partial charge on any atom is 0.411 e. The van der Waals surface area contributed by atoms with Crippen LogP contribution in [-0.2, 0) is 11.3 Å². The molecule has 0 saturated carbocycles. The molecule has 0 aliphatic carbocycles. The van der Waals surface area contributed by atoms with Crippen LogP contribution in [0.3, 0.4) is 0 Å². The van der Waals surface area contributed by atoms with E-state index in [9.17, 15) is 4.79 Å². The van der Waals surface area contributed by atoms with E-state index in [1.807, 2.05) is 13.8 Å². The van der Waals surface area contributed by atoms with Gasteiger partial charge < -0.3 is 9.84 Å². The Morgan fingerprint density at radius 3 is 2.88 bits per heavy atom. The van der Waals surface area contributed by atoms with Crippen LogP contribution >= 0.6 is 0 Å². The summed E-state index contributed by atoms with van der Waals surface area (Å²) in [6.07, 6.45) is -0.469. The molecule has 0 aromatic heterocycles. The summed E-state index contributed by atoms with van der Waals surface area (Å²) in [5.74, 6) is 0.314. The molecule has 2 N–H and O–H groups in total. The van der Waals surface area contributed by atoms with E-state index < -0.39 is 6.09 Å². The Balaban J connectivity index is 2.49. The molecule has 0 fully saturated rings. The highest BCUT2D eigenvalue weighted by Crippen LogP contribution is 2.10. The Morgan fingerprint density at radius 2 is 2.25 bits per heavy atom. The lowest BCUT2D eigenvalue weighted by Gasteiger charge is -2.09. The average Bonchev–Trinajstić information content (AvgIpc) is 2.26. The van der Waals surface area contributed by atoms with Crippen molar-refractivity contribution >= 4 is 11.8 Å². The lowest BCUT2D eigenvalue weighted by atomic mass is 10.2. The van der Waals surface area contributed by atoms with E-state index >= 15 is 0 Å². The molecule has 1 amide bonds. The second kappa shape index (κ2) is 6.12. The molecule has 0 saturated heterocycles. The zero-order valence-corrected chi connectivity index (χ0v) is 9.56.